The molecule has 0 unspecified atom stereocenters. The monoisotopic (exact) mass is 458 g/mol. The number of benzene rings is 3. The Balaban J connectivity index is 1.43. The van der Waals surface area contributed by atoms with Crippen LogP contribution in [0.3, 0.4) is 0 Å². The van der Waals surface area contributed by atoms with Gasteiger partial charge in [0.05, 0.1) is 19.2 Å². The van der Waals surface area contributed by atoms with Gasteiger partial charge in [0, 0.05) is 24.3 Å². The van der Waals surface area contributed by atoms with Crippen LogP contribution in [-0.4, -0.2) is 46.6 Å². The van der Waals surface area contributed by atoms with Gasteiger partial charge in [-0.3, -0.25) is 4.79 Å². The smallest absolute Gasteiger partial charge is 0.322 e. The van der Waals surface area contributed by atoms with E-state index in [0.717, 1.165) is 22.6 Å². The summed E-state index contributed by atoms with van der Waals surface area (Å²) in [5.74, 6) is 1.58. The summed E-state index contributed by atoms with van der Waals surface area (Å²) in [4.78, 5) is 30.8. The van der Waals surface area contributed by atoms with Crippen molar-refractivity contribution in [3.05, 3.63) is 102 Å². The molecule has 0 radical (unpaired) electrons. The Morgan fingerprint density at radius 1 is 0.970 bits per heavy atom. The van der Waals surface area contributed by atoms with Crippen molar-refractivity contribution in [2.45, 2.75) is 30.4 Å². The van der Waals surface area contributed by atoms with Gasteiger partial charge in [-0.25, -0.2) is 4.79 Å². The van der Waals surface area contributed by atoms with Crippen LogP contribution in [0.15, 0.2) is 84.9 Å². The average Bonchev–Trinajstić information content (AvgIpc) is 3.41. The predicted octanol–water partition coefficient (Wildman–Crippen LogP) is 5.39. The summed E-state index contributed by atoms with van der Waals surface area (Å²) in [6.07, 6.45) is 0.300. The summed E-state index contributed by atoms with van der Waals surface area (Å²) in [6.45, 7) is 0.499. The van der Waals surface area contributed by atoms with Gasteiger partial charge in [0.2, 0.25) is 0 Å². The molecule has 33 heavy (non-hydrogen) atoms. The lowest BCUT2D eigenvalue weighted by Gasteiger charge is -2.26. The van der Waals surface area contributed by atoms with Crippen molar-refractivity contribution in [1.82, 2.24) is 9.80 Å². The number of carbonyl (C=O) groups is 2. The number of amides is 2. The van der Waals surface area contributed by atoms with Crippen molar-refractivity contribution in [3.8, 4) is 5.75 Å². The molecule has 3 aromatic carbocycles. The first-order chi connectivity index (χ1) is 16.2. The molecule has 0 aliphatic carbocycles. The highest BCUT2D eigenvalue weighted by atomic mass is 32.2. The highest BCUT2D eigenvalue weighted by Gasteiger charge is 2.52. The fourth-order valence-corrected chi connectivity index (χ4v) is 6.25. The number of carbonyl (C=O) groups excluding carboxylic acids is 2. The molecule has 2 saturated heterocycles. The number of ketones is 1. The van der Waals surface area contributed by atoms with Gasteiger partial charge in [-0.2, -0.15) is 0 Å². The zero-order valence-corrected chi connectivity index (χ0v) is 19.3. The SMILES string of the molecule is COc1ccc(C(=O)C[C@H]2[C@H]3CS[C@@H](c4ccccc4)N3C(=O)N2Cc2ccccc2)cc1. The van der Waals surface area contributed by atoms with Crippen LogP contribution in [0.2, 0.25) is 0 Å². The minimum Gasteiger partial charge on any atom is -0.497 e. The van der Waals surface area contributed by atoms with Crippen molar-refractivity contribution in [2.75, 3.05) is 12.9 Å². The third kappa shape index (κ3) is 4.23. The Morgan fingerprint density at radius 3 is 2.30 bits per heavy atom. The van der Waals surface area contributed by atoms with E-state index < -0.39 is 0 Å². The Labute approximate surface area is 198 Å². The van der Waals surface area contributed by atoms with Gasteiger partial charge in [-0.1, -0.05) is 60.7 Å². The first kappa shape index (κ1) is 21.6. The molecule has 5 rings (SSSR count). The highest BCUT2D eigenvalue weighted by Crippen LogP contribution is 2.47. The zero-order chi connectivity index (χ0) is 22.8. The molecule has 6 heteroatoms. The maximum absolute atomic E-state index is 13.7. The summed E-state index contributed by atoms with van der Waals surface area (Å²) >= 11 is 1.78. The lowest BCUT2D eigenvalue weighted by atomic mass is 9.98. The topological polar surface area (TPSA) is 49.9 Å². The van der Waals surface area contributed by atoms with E-state index in [-0.39, 0.29) is 29.3 Å². The molecule has 0 N–H and O–H groups in total. The fraction of sp³-hybridized carbons (Fsp3) is 0.259. The minimum atomic E-state index is -0.173. The van der Waals surface area contributed by atoms with E-state index in [0.29, 0.717) is 18.5 Å². The number of nitrogens with zero attached hydrogens (tertiary/aromatic N) is 2. The third-order valence-corrected chi connectivity index (χ3v) is 7.78. The van der Waals surface area contributed by atoms with Crippen molar-refractivity contribution < 1.29 is 14.3 Å². The van der Waals surface area contributed by atoms with E-state index in [1.54, 1.807) is 43.1 Å². The number of urea groups is 1. The van der Waals surface area contributed by atoms with Crippen LogP contribution < -0.4 is 4.74 Å². The summed E-state index contributed by atoms with van der Waals surface area (Å²) in [5, 5.41) is -0.0249. The third-order valence-electron chi connectivity index (χ3n) is 6.43. The summed E-state index contributed by atoms with van der Waals surface area (Å²) in [5.41, 5.74) is 2.84. The number of fused-ring (bicyclic) bond motifs is 1. The van der Waals surface area contributed by atoms with Gasteiger partial charge in [0.25, 0.3) is 0 Å². The second-order valence-electron chi connectivity index (χ2n) is 8.39. The Kier molecular flexibility index (Phi) is 6.09. The predicted molar refractivity (Wildman–Crippen MR) is 130 cm³/mol. The largest absolute Gasteiger partial charge is 0.497 e. The molecule has 0 aromatic heterocycles. The molecule has 0 spiro atoms. The van der Waals surface area contributed by atoms with Crippen molar-refractivity contribution in [2.24, 2.45) is 0 Å². The maximum Gasteiger partial charge on any atom is 0.322 e. The Morgan fingerprint density at radius 2 is 1.64 bits per heavy atom. The lowest BCUT2D eigenvalue weighted by Crippen LogP contribution is -2.38. The number of rotatable bonds is 7. The average molecular weight is 459 g/mol. The zero-order valence-electron chi connectivity index (χ0n) is 18.5. The van der Waals surface area contributed by atoms with E-state index in [1.165, 1.54) is 0 Å². The molecule has 3 aromatic rings. The molecule has 5 nitrogen and oxygen atoms in total. The number of Topliss-reactive ketones (excluding diaryl/α,β-unsaturated/α-hetero) is 1. The highest BCUT2D eigenvalue weighted by molar-refractivity contribution is 7.99. The van der Waals surface area contributed by atoms with Gasteiger partial charge >= 0.3 is 6.03 Å². The molecule has 2 aliphatic heterocycles. The van der Waals surface area contributed by atoms with Crippen LogP contribution in [0, 0.1) is 0 Å². The van der Waals surface area contributed by atoms with E-state index in [1.807, 2.05) is 58.3 Å². The van der Waals surface area contributed by atoms with Crippen LogP contribution in [-0.2, 0) is 6.54 Å². The first-order valence-electron chi connectivity index (χ1n) is 11.1. The molecular weight excluding hydrogens is 432 g/mol. The number of hydrogen-bond acceptors (Lipinski definition) is 4. The number of thioether (sulfide) groups is 1. The maximum atomic E-state index is 13.7. The molecule has 0 bridgehead atoms. The van der Waals surface area contributed by atoms with Crippen LogP contribution in [0.1, 0.15) is 33.3 Å². The first-order valence-corrected chi connectivity index (χ1v) is 12.2. The van der Waals surface area contributed by atoms with Crippen molar-refractivity contribution in [1.29, 1.82) is 0 Å². The molecular formula is C27H26N2O3S. The number of ether oxygens (including phenoxy) is 1. The minimum absolute atomic E-state index is 0.00128. The standard InChI is InChI=1S/C27H26N2O3S/c1-32-22-14-12-20(13-15-22)25(30)16-23-24-18-33-26(21-10-6-3-7-11-21)29(24)27(31)28(23)17-19-8-4-2-5-9-19/h2-15,23-24,26H,16-18H2,1H3/t23-,24+,26-/m0/s1. The van der Waals surface area contributed by atoms with E-state index in [9.17, 15) is 9.59 Å². The molecule has 2 fully saturated rings. The van der Waals surface area contributed by atoms with E-state index in [4.69, 9.17) is 4.74 Å². The Bertz CT molecular complexity index is 1120. The second-order valence-corrected chi connectivity index (χ2v) is 9.50. The van der Waals surface area contributed by atoms with Gasteiger partial charge < -0.3 is 14.5 Å². The Hall–Kier alpha value is -3.25. The van der Waals surface area contributed by atoms with Crippen LogP contribution in [0.5, 0.6) is 5.75 Å². The lowest BCUT2D eigenvalue weighted by molar-refractivity contribution is 0.0941. The molecule has 3 atom stereocenters. The molecule has 0 saturated carbocycles. The van der Waals surface area contributed by atoms with Crippen LogP contribution >= 0.6 is 11.8 Å². The van der Waals surface area contributed by atoms with Crippen molar-refractivity contribution in [3.63, 3.8) is 0 Å². The van der Waals surface area contributed by atoms with Gasteiger partial charge in [0.15, 0.2) is 5.78 Å². The molecule has 2 heterocycles. The van der Waals surface area contributed by atoms with Gasteiger partial charge in [-0.05, 0) is 35.4 Å². The van der Waals surface area contributed by atoms with Crippen LogP contribution in [0.4, 0.5) is 4.79 Å². The number of methoxy groups -OCH3 is 1. The van der Waals surface area contributed by atoms with E-state index >= 15 is 0 Å². The quantitative estimate of drug-likeness (QED) is 0.446. The molecule has 2 aliphatic rings. The number of hydrogen-bond donors (Lipinski definition) is 0. The summed E-state index contributed by atoms with van der Waals surface area (Å²) < 4.78 is 5.22. The fourth-order valence-electron chi connectivity index (χ4n) is 4.73. The van der Waals surface area contributed by atoms with Crippen LogP contribution in [0.25, 0.3) is 0 Å². The van der Waals surface area contributed by atoms with Gasteiger partial charge in [-0.15, -0.1) is 11.8 Å². The summed E-state index contributed by atoms with van der Waals surface area (Å²) in [7, 11) is 1.61. The van der Waals surface area contributed by atoms with E-state index in [2.05, 4.69) is 12.1 Å². The van der Waals surface area contributed by atoms with Gasteiger partial charge in [0.1, 0.15) is 11.1 Å². The molecule has 168 valence electrons. The summed E-state index contributed by atoms with van der Waals surface area (Å²) in [6, 6.07) is 27.2. The normalized spacial score (nSPS) is 21.8. The second kappa shape index (κ2) is 9.32. The van der Waals surface area contributed by atoms with Crippen molar-refractivity contribution >= 4 is 23.6 Å². The molecule has 2 amide bonds.